The van der Waals surface area contributed by atoms with E-state index in [4.69, 9.17) is 38.4 Å². The van der Waals surface area contributed by atoms with E-state index >= 15 is 0 Å². The lowest BCUT2D eigenvalue weighted by atomic mass is 9.94. The average Bonchev–Trinajstić information content (AvgIpc) is 2.97. The fourth-order valence-electron chi connectivity index (χ4n) is 5.22. The predicted octanol–water partition coefficient (Wildman–Crippen LogP) is 5.46. The molecule has 0 radical (unpaired) electrons. The van der Waals surface area contributed by atoms with E-state index in [1.807, 2.05) is 0 Å². The number of nitrogens with zero attached hydrogens (tertiary/aromatic N) is 5. The number of non-ortho nitro benzene ring substituents is 1. The first-order chi connectivity index (χ1) is 24.4. The summed E-state index contributed by atoms with van der Waals surface area (Å²) in [7, 11) is -3.86. The minimum Gasteiger partial charge on any atom is -0.444 e. The number of nitro groups is 1. The number of guanidine groups is 2. The second kappa shape index (κ2) is 15.4. The molecule has 0 fully saturated rings. The minimum atomic E-state index is -3.90. The van der Waals surface area contributed by atoms with E-state index in [0.29, 0.717) is 16.3 Å². The first-order valence-corrected chi connectivity index (χ1v) is 20.3. The van der Waals surface area contributed by atoms with Gasteiger partial charge < -0.3 is 15.2 Å². The van der Waals surface area contributed by atoms with E-state index in [0.717, 1.165) is 4.31 Å². The first-order valence-electron chi connectivity index (χ1n) is 16.1. The normalized spacial score (nSPS) is 23.9. The average molecular weight is 836 g/mol. The molecule has 0 aromatic heterocycles. The van der Waals surface area contributed by atoms with Crippen molar-refractivity contribution in [2.75, 3.05) is 31.3 Å². The minimum absolute atomic E-state index is 0. The number of ether oxygens (including phenoxy) is 2. The topological polar surface area (TPSA) is 228 Å². The Morgan fingerprint density at radius 2 is 1.30 bits per heavy atom. The molecular weight excluding hydrogens is 787 g/mol. The van der Waals surface area contributed by atoms with E-state index in [2.05, 4.69) is 26.5 Å². The first kappa shape index (κ1) is 44.1. The molecule has 2 aliphatic rings. The van der Waals surface area contributed by atoms with E-state index in [-0.39, 0.29) is 35.4 Å². The number of anilines is 1. The summed E-state index contributed by atoms with van der Waals surface area (Å²) in [5.41, 5.74) is 3.00. The van der Waals surface area contributed by atoms with Gasteiger partial charge in [-0.25, -0.2) is 36.5 Å². The lowest BCUT2D eigenvalue weighted by Gasteiger charge is -2.39. The van der Waals surface area contributed by atoms with Crippen LogP contribution in [-0.4, -0.2) is 92.9 Å². The van der Waals surface area contributed by atoms with Crippen LogP contribution in [0.4, 0.5) is 21.0 Å². The summed E-state index contributed by atoms with van der Waals surface area (Å²) >= 11 is 12.5. The van der Waals surface area contributed by atoms with Crippen LogP contribution in [-0.2, 0) is 40.3 Å². The number of sulfonamides is 1. The molecule has 0 aliphatic carbocycles. The summed E-state index contributed by atoms with van der Waals surface area (Å²) in [4.78, 5) is 43.7. The van der Waals surface area contributed by atoms with E-state index in [9.17, 15) is 32.3 Å². The van der Waals surface area contributed by atoms with Crippen molar-refractivity contribution in [1.29, 1.82) is 0 Å². The maximum Gasteiger partial charge on any atom is 0.414 e. The van der Waals surface area contributed by atoms with Gasteiger partial charge in [-0.2, -0.15) is 0 Å². The predicted molar refractivity (Wildman–Crippen MR) is 214 cm³/mol. The van der Waals surface area contributed by atoms with Gasteiger partial charge >= 0.3 is 12.2 Å². The van der Waals surface area contributed by atoms with Crippen LogP contribution in [0.5, 0.6) is 0 Å². The van der Waals surface area contributed by atoms with Gasteiger partial charge in [0.2, 0.25) is 21.9 Å². The Balaban J connectivity index is 0.000000374. The van der Waals surface area contributed by atoms with E-state index in [1.54, 1.807) is 73.7 Å². The SMILES string of the molecule is C=S1(=O)C[C@@](C)(c2cc(N)ccc2Cl)N=C(NC(=O)OC(C)(C)C)N1C.CN1C(NC(=O)OC(C)(C)C)=N[C@](C)(c2cc([N+](=O)[O-])ccc2Cl)CS1(=O)=O.[HH]. The zero-order chi connectivity index (χ0) is 41.4. The maximum atomic E-state index is 13.1. The molecule has 1 unspecified atom stereocenters. The van der Waals surface area contributed by atoms with Crippen molar-refractivity contribution in [3.8, 4) is 0 Å². The maximum absolute atomic E-state index is 13.1. The molecule has 4 N–H and O–H groups in total. The Kier molecular flexibility index (Phi) is 12.6. The number of rotatable bonds is 3. The molecule has 2 aromatic rings. The summed E-state index contributed by atoms with van der Waals surface area (Å²) in [5.74, 6) is 3.29. The van der Waals surface area contributed by atoms with Gasteiger partial charge in [0.1, 0.15) is 22.3 Å². The van der Waals surface area contributed by atoms with Crippen LogP contribution in [0.25, 0.3) is 0 Å². The van der Waals surface area contributed by atoms with E-state index < -0.39 is 64.9 Å². The lowest BCUT2D eigenvalue weighted by Crippen LogP contribution is -2.54. The molecule has 300 valence electrons. The van der Waals surface area contributed by atoms with Crippen molar-refractivity contribution in [3.05, 3.63) is 67.7 Å². The van der Waals surface area contributed by atoms with Crippen LogP contribution in [0, 0.1) is 10.1 Å². The molecule has 4 rings (SSSR count). The molecule has 2 aromatic carbocycles. The van der Waals surface area contributed by atoms with Gasteiger partial charge in [0.25, 0.3) is 5.69 Å². The molecule has 54 heavy (non-hydrogen) atoms. The molecule has 0 bridgehead atoms. The second-order valence-corrected chi connectivity index (χ2v) is 20.2. The van der Waals surface area contributed by atoms with Crippen LogP contribution in [0.15, 0.2) is 46.4 Å². The Labute approximate surface area is 327 Å². The van der Waals surface area contributed by atoms with Gasteiger partial charge in [-0.05, 0) is 85.5 Å². The summed E-state index contributed by atoms with van der Waals surface area (Å²) in [5, 5.41) is 16.5. The van der Waals surface area contributed by atoms with Crippen molar-refractivity contribution in [1.82, 2.24) is 19.2 Å². The fourth-order valence-corrected chi connectivity index (χ4v) is 9.03. The number of nitrogens with one attached hydrogen (secondary N) is 2. The number of carbonyl (C=O) groups is 2. The summed E-state index contributed by atoms with van der Waals surface area (Å²) in [6, 6.07) is 8.73. The van der Waals surface area contributed by atoms with Crippen molar-refractivity contribution in [3.63, 3.8) is 0 Å². The van der Waals surface area contributed by atoms with Crippen LogP contribution < -0.4 is 16.4 Å². The van der Waals surface area contributed by atoms with Gasteiger partial charge in [0.05, 0.1) is 26.1 Å². The fraction of sp³-hybridized carbons (Fsp3) is 0.485. The number of nitro benzene ring substituents is 1. The number of hydrogen-bond donors (Lipinski definition) is 3. The number of nitrogens with two attached hydrogens (primary N) is 1. The third-order valence-electron chi connectivity index (χ3n) is 7.73. The molecule has 0 spiro atoms. The Morgan fingerprint density at radius 3 is 1.76 bits per heavy atom. The quantitative estimate of drug-likeness (QED) is 0.153. The second-order valence-electron chi connectivity index (χ2n) is 15.0. The number of alkyl carbamates (subject to hydrolysis) is 2. The number of hydrogen-bond acceptors (Lipinski definition) is 12. The number of nitrogen functional groups attached to an aromatic ring is 1. The highest BCUT2D eigenvalue weighted by molar-refractivity contribution is 7.98. The van der Waals surface area contributed by atoms with Crippen molar-refractivity contribution >= 4 is 84.3 Å². The molecule has 0 saturated heterocycles. The molecule has 2 heterocycles. The summed E-state index contributed by atoms with van der Waals surface area (Å²) in [6.07, 6.45) is -1.58. The zero-order valence-corrected chi connectivity index (χ0v) is 34.8. The summed E-state index contributed by atoms with van der Waals surface area (Å²) < 4.78 is 51.0. The van der Waals surface area contributed by atoms with Crippen LogP contribution in [0.1, 0.15) is 67.9 Å². The van der Waals surface area contributed by atoms with Gasteiger partial charge in [-0.15, -0.1) is 0 Å². The smallest absolute Gasteiger partial charge is 0.414 e. The highest BCUT2D eigenvalue weighted by atomic mass is 35.5. The third-order valence-corrected chi connectivity index (χ3v) is 12.5. The zero-order valence-electron chi connectivity index (χ0n) is 31.6. The number of aliphatic imine (C=N–C) groups is 2. The molecule has 17 nitrogen and oxygen atoms in total. The Hall–Kier alpha value is -4.33. The highest BCUT2D eigenvalue weighted by Gasteiger charge is 2.44. The molecule has 3 atom stereocenters. The van der Waals surface area contributed by atoms with Gasteiger partial charge in [-0.3, -0.25) is 25.1 Å². The van der Waals surface area contributed by atoms with Crippen LogP contribution in [0.3, 0.4) is 0 Å². The number of carbonyl (C=O) groups excluding carboxylic acids is 2. The van der Waals surface area contributed by atoms with Crippen molar-refractivity contribution < 1.29 is 38.0 Å². The number of benzene rings is 2. The largest absolute Gasteiger partial charge is 0.444 e. The summed E-state index contributed by atoms with van der Waals surface area (Å²) in [6.45, 7) is 13.5. The molecule has 0 saturated carbocycles. The van der Waals surface area contributed by atoms with Crippen molar-refractivity contribution in [2.45, 2.75) is 77.7 Å². The highest BCUT2D eigenvalue weighted by Crippen LogP contribution is 2.39. The number of amides is 2. The van der Waals surface area contributed by atoms with Crippen LogP contribution in [0.2, 0.25) is 10.0 Å². The monoisotopic (exact) mass is 834 g/mol. The Morgan fingerprint density at radius 1 is 0.870 bits per heavy atom. The molecular formula is C33H48Cl2N8O9S2. The standard InChI is InChI=1S/C17H25ClN4O3S.C16H21ClN4O6S.H2/c1-16(2,3)25-15(23)20-14-21-17(4,10-26(6,24)22(14)5)12-9-11(19)7-8-13(12)18;1-15(2,3)27-14(22)18-13-19-16(4,9-28(25,26)20(13)5)11-8-10(21(23)24)6-7-12(11)17;/h7-9H,6,10,19H2,1-5H3,(H,20,21,23);6-8H,9H2,1-5H3,(H,18,19,22);1H/t17-,26?;16-;/m00./s1. The van der Waals surface area contributed by atoms with Gasteiger partial charge in [0, 0.05) is 54.5 Å². The third kappa shape index (κ3) is 10.9. The van der Waals surface area contributed by atoms with Gasteiger partial charge in [-0.1, -0.05) is 23.2 Å². The number of halogens is 2. The lowest BCUT2D eigenvalue weighted by molar-refractivity contribution is -0.385. The Bertz CT molecular complexity index is 2120. The molecule has 2 aliphatic heterocycles. The van der Waals surface area contributed by atoms with Crippen molar-refractivity contribution in [2.24, 2.45) is 9.98 Å². The van der Waals surface area contributed by atoms with E-state index in [1.165, 1.54) is 36.5 Å². The molecule has 2 amide bonds. The molecule has 21 heteroatoms. The van der Waals surface area contributed by atoms with Gasteiger partial charge in [0.15, 0.2) is 0 Å². The van der Waals surface area contributed by atoms with Crippen LogP contribution >= 0.6 is 23.2 Å².